The molecular formula is C8H18BNO. The van der Waals surface area contributed by atoms with Crippen LogP contribution < -0.4 is 5.23 Å². The normalized spacial score (nSPS) is 20.2. The quantitative estimate of drug-likeness (QED) is 0.601. The van der Waals surface area contributed by atoms with E-state index in [2.05, 4.69) is 5.23 Å². The SMILES string of the molecule is CB(O)NCC1CCCCC1. The highest BCUT2D eigenvalue weighted by atomic mass is 16.2. The number of nitrogens with one attached hydrogen (secondary N) is 1. The summed E-state index contributed by atoms with van der Waals surface area (Å²) in [5.74, 6) is 0.818. The van der Waals surface area contributed by atoms with Gasteiger partial charge in [0.15, 0.2) is 0 Å². The maximum atomic E-state index is 8.97. The fourth-order valence-electron chi connectivity index (χ4n) is 1.73. The van der Waals surface area contributed by atoms with E-state index in [4.69, 9.17) is 5.02 Å². The lowest BCUT2D eigenvalue weighted by atomic mass is 9.84. The number of hydrogen-bond donors (Lipinski definition) is 2. The molecule has 1 aliphatic carbocycles. The van der Waals surface area contributed by atoms with Gasteiger partial charge >= 0.3 is 7.05 Å². The Hall–Kier alpha value is -0.0151. The van der Waals surface area contributed by atoms with Crippen molar-refractivity contribution in [3.05, 3.63) is 0 Å². The van der Waals surface area contributed by atoms with Crippen LogP contribution >= 0.6 is 0 Å². The van der Waals surface area contributed by atoms with E-state index in [1.165, 1.54) is 32.1 Å². The van der Waals surface area contributed by atoms with E-state index in [1.54, 1.807) is 6.82 Å². The molecule has 1 saturated carbocycles. The molecule has 0 heterocycles. The van der Waals surface area contributed by atoms with Gasteiger partial charge in [-0.1, -0.05) is 19.3 Å². The molecule has 2 nitrogen and oxygen atoms in total. The van der Waals surface area contributed by atoms with Gasteiger partial charge in [0.1, 0.15) is 0 Å². The van der Waals surface area contributed by atoms with Crippen LogP contribution in [0.1, 0.15) is 32.1 Å². The monoisotopic (exact) mass is 155 g/mol. The van der Waals surface area contributed by atoms with E-state index >= 15 is 0 Å². The third-order valence-corrected chi connectivity index (χ3v) is 2.43. The summed E-state index contributed by atoms with van der Waals surface area (Å²) in [5, 5.41) is 12.0. The van der Waals surface area contributed by atoms with Gasteiger partial charge in [0.05, 0.1) is 0 Å². The second-order valence-electron chi connectivity index (χ2n) is 3.59. The summed E-state index contributed by atoms with van der Waals surface area (Å²) in [6.45, 7) is 2.78. The van der Waals surface area contributed by atoms with Gasteiger partial charge in [-0.25, -0.2) is 0 Å². The van der Waals surface area contributed by atoms with Crippen molar-refractivity contribution in [2.45, 2.75) is 38.9 Å². The highest BCUT2D eigenvalue weighted by molar-refractivity contribution is 6.45. The smallest absolute Gasteiger partial charge is 0.373 e. The Balaban J connectivity index is 2.05. The van der Waals surface area contributed by atoms with Gasteiger partial charge in [-0.05, 0) is 32.1 Å². The van der Waals surface area contributed by atoms with Crippen molar-refractivity contribution in [2.24, 2.45) is 5.92 Å². The molecule has 0 unspecified atom stereocenters. The van der Waals surface area contributed by atoms with E-state index in [9.17, 15) is 0 Å². The van der Waals surface area contributed by atoms with Gasteiger partial charge in [0, 0.05) is 0 Å². The minimum Gasteiger partial charge on any atom is -0.437 e. The maximum Gasteiger partial charge on any atom is 0.373 e. The van der Waals surface area contributed by atoms with E-state index in [0.717, 1.165) is 12.5 Å². The summed E-state index contributed by atoms with van der Waals surface area (Å²) >= 11 is 0. The molecular weight excluding hydrogens is 137 g/mol. The molecule has 0 spiro atoms. The van der Waals surface area contributed by atoms with E-state index < -0.39 is 0 Å². The topological polar surface area (TPSA) is 32.3 Å². The predicted molar refractivity (Wildman–Crippen MR) is 48.4 cm³/mol. The fourth-order valence-corrected chi connectivity index (χ4v) is 1.73. The van der Waals surface area contributed by atoms with Crippen LogP contribution in [0.25, 0.3) is 0 Å². The van der Waals surface area contributed by atoms with Crippen LogP contribution in [0.15, 0.2) is 0 Å². The van der Waals surface area contributed by atoms with Crippen molar-refractivity contribution in [2.75, 3.05) is 6.54 Å². The van der Waals surface area contributed by atoms with Crippen LogP contribution in [0.5, 0.6) is 0 Å². The first-order valence-corrected chi connectivity index (χ1v) is 4.70. The highest BCUT2D eigenvalue weighted by Crippen LogP contribution is 2.22. The van der Waals surface area contributed by atoms with E-state index in [1.807, 2.05) is 0 Å². The first-order valence-electron chi connectivity index (χ1n) is 4.70. The van der Waals surface area contributed by atoms with Crippen LogP contribution in [0.4, 0.5) is 0 Å². The minimum atomic E-state index is -0.336. The Morgan fingerprint density at radius 1 is 1.36 bits per heavy atom. The molecule has 11 heavy (non-hydrogen) atoms. The van der Waals surface area contributed by atoms with Gasteiger partial charge in [-0.15, -0.1) is 0 Å². The molecule has 0 aromatic heterocycles. The van der Waals surface area contributed by atoms with E-state index in [-0.39, 0.29) is 7.05 Å². The van der Waals surface area contributed by atoms with Crippen molar-refractivity contribution in [3.63, 3.8) is 0 Å². The van der Waals surface area contributed by atoms with Gasteiger partial charge < -0.3 is 10.3 Å². The average Bonchev–Trinajstić information content (AvgIpc) is 2.03. The molecule has 0 aromatic rings. The van der Waals surface area contributed by atoms with Crippen LogP contribution in [-0.2, 0) is 0 Å². The Labute approximate surface area is 69.5 Å². The largest absolute Gasteiger partial charge is 0.437 e. The molecule has 0 atom stereocenters. The minimum absolute atomic E-state index is 0.336. The molecule has 1 aliphatic rings. The molecule has 0 aliphatic heterocycles. The van der Waals surface area contributed by atoms with Crippen molar-refractivity contribution in [1.29, 1.82) is 0 Å². The zero-order valence-corrected chi connectivity index (χ0v) is 7.34. The second kappa shape index (κ2) is 4.78. The molecule has 0 bridgehead atoms. The standard InChI is InChI=1S/C8H18BNO/c1-9(11)10-7-8-5-3-2-4-6-8/h8,10-11H,2-7H2,1H3. The molecule has 2 N–H and O–H groups in total. The third kappa shape index (κ3) is 3.78. The van der Waals surface area contributed by atoms with Gasteiger partial charge in [0.2, 0.25) is 0 Å². The number of hydrogen-bond acceptors (Lipinski definition) is 2. The summed E-state index contributed by atoms with van der Waals surface area (Å²) in [6, 6.07) is 0. The van der Waals surface area contributed by atoms with Crippen LogP contribution in [0.2, 0.25) is 6.82 Å². The van der Waals surface area contributed by atoms with Gasteiger partial charge in [0.25, 0.3) is 0 Å². The second-order valence-corrected chi connectivity index (χ2v) is 3.59. The Morgan fingerprint density at radius 3 is 2.55 bits per heavy atom. The van der Waals surface area contributed by atoms with Crippen LogP contribution in [0.3, 0.4) is 0 Å². The fraction of sp³-hybridized carbons (Fsp3) is 1.00. The van der Waals surface area contributed by atoms with Crippen LogP contribution in [-0.4, -0.2) is 18.6 Å². The lowest BCUT2D eigenvalue weighted by Crippen LogP contribution is -2.35. The highest BCUT2D eigenvalue weighted by Gasteiger charge is 2.13. The number of rotatable bonds is 3. The molecule has 0 saturated heterocycles. The Morgan fingerprint density at radius 2 is 2.00 bits per heavy atom. The van der Waals surface area contributed by atoms with Gasteiger partial charge in [-0.2, -0.15) is 0 Å². The molecule has 1 fully saturated rings. The summed E-state index contributed by atoms with van der Waals surface area (Å²) < 4.78 is 0. The van der Waals surface area contributed by atoms with Crippen molar-refractivity contribution >= 4 is 7.05 Å². The zero-order valence-electron chi connectivity index (χ0n) is 7.34. The van der Waals surface area contributed by atoms with Crippen molar-refractivity contribution in [1.82, 2.24) is 5.23 Å². The first kappa shape index (κ1) is 9.08. The Kier molecular flexibility index (Phi) is 3.94. The lowest BCUT2D eigenvalue weighted by molar-refractivity contribution is 0.353. The Bertz CT molecular complexity index is 102. The molecule has 0 radical (unpaired) electrons. The predicted octanol–water partition coefficient (Wildman–Crippen LogP) is 1.27. The zero-order chi connectivity index (χ0) is 8.10. The van der Waals surface area contributed by atoms with Gasteiger partial charge in [-0.3, -0.25) is 0 Å². The molecule has 64 valence electrons. The summed E-state index contributed by atoms with van der Waals surface area (Å²) in [6.07, 6.45) is 6.86. The average molecular weight is 155 g/mol. The third-order valence-electron chi connectivity index (χ3n) is 2.43. The van der Waals surface area contributed by atoms with Crippen molar-refractivity contribution in [3.8, 4) is 0 Å². The summed E-state index contributed by atoms with van der Waals surface area (Å²) in [5.41, 5.74) is 0. The van der Waals surface area contributed by atoms with Crippen molar-refractivity contribution < 1.29 is 5.02 Å². The molecule has 1 rings (SSSR count). The first-order chi connectivity index (χ1) is 5.29. The van der Waals surface area contributed by atoms with E-state index in [0.29, 0.717) is 0 Å². The molecule has 0 amide bonds. The molecule has 3 heteroatoms. The van der Waals surface area contributed by atoms with Crippen LogP contribution in [0, 0.1) is 5.92 Å². The lowest BCUT2D eigenvalue weighted by Gasteiger charge is -2.21. The summed E-state index contributed by atoms with van der Waals surface area (Å²) in [4.78, 5) is 0. The molecule has 0 aromatic carbocycles. The maximum absolute atomic E-state index is 8.97. The summed E-state index contributed by atoms with van der Waals surface area (Å²) in [7, 11) is -0.336.